The highest BCUT2D eigenvalue weighted by Gasteiger charge is 2.20. The molecule has 0 saturated carbocycles. The summed E-state index contributed by atoms with van der Waals surface area (Å²) >= 11 is 0.910. The van der Waals surface area contributed by atoms with E-state index in [0.29, 0.717) is 17.3 Å². The number of nitrogens with one attached hydrogen (secondary N) is 1. The second-order valence-electron chi connectivity index (χ2n) is 5.61. The largest absolute Gasteiger partial charge is 0.350 e. The van der Waals surface area contributed by atoms with Gasteiger partial charge < -0.3 is 5.32 Å². The number of thiophene rings is 1. The number of nitrogens with zero attached hydrogens (tertiary/aromatic N) is 2. The van der Waals surface area contributed by atoms with Gasteiger partial charge in [0.2, 0.25) is 0 Å². The number of amides is 1. The number of rotatable bonds is 9. The molecule has 0 fully saturated rings. The number of likely N-dealkylation sites (N-methyl/N-ethyl adjacent to an activating group) is 1. The maximum atomic E-state index is 12.1. The van der Waals surface area contributed by atoms with Crippen molar-refractivity contribution in [3.05, 3.63) is 27.1 Å². The molecule has 1 atom stereocenters. The van der Waals surface area contributed by atoms with Crippen LogP contribution in [-0.4, -0.2) is 41.4 Å². The smallest absolute Gasteiger partial charge is 0.324 e. The van der Waals surface area contributed by atoms with Crippen molar-refractivity contribution in [3.8, 4) is 0 Å². The molecule has 22 heavy (non-hydrogen) atoms. The molecule has 1 aromatic rings. The van der Waals surface area contributed by atoms with Crippen LogP contribution in [-0.2, 0) is 0 Å². The van der Waals surface area contributed by atoms with E-state index in [0.717, 1.165) is 30.8 Å². The number of carbonyl (C=O) groups is 1. The lowest BCUT2D eigenvalue weighted by molar-refractivity contribution is -0.380. The maximum absolute atomic E-state index is 12.1. The molecule has 1 heterocycles. The van der Waals surface area contributed by atoms with Crippen molar-refractivity contribution in [1.82, 2.24) is 10.2 Å². The molecule has 0 aliphatic rings. The lowest BCUT2D eigenvalue weighted by atomic mass is 10.0. The van der Waals surface area contributed by atoms with Crippen LogP contribution >= 0.6 is 11.3 Å². The summed E-state index contributed by atoms with van der Waals surface area (Å²) in [5.74, 6) is 0.310. The van der Waals surface area contributed by atoms with Gasteiger partial charge in [-0.2, -0.15) is 0 Å². The van der Waals surface area contributed by atoms with Crippen LogP contribution in [0.5, 0.6) is 0 Å². The summed E-state index contributed by atoms with van der Waals surface area (Å²) in [6.07, 6.45) is 1.01. The first kappa shape index (κ1) is 18.6. The van der Waals surface area contributed by atoms with Gasteiger partial charge in [-0.25, -0.2) is 0 Å². The third kappa shape index (κ3) is 5.38. The summed E-state index contributed by atoms with van der Waals surface area (Å²) in [6, 6.07) is 3.16. The Kier molecular flexibility index (Phi) is 7.47. The quantitative estimate of drug-likeness (QED) is 0.558. The van der Waals surface area contributed by atoms with Crippen molar-refractivity contribution >= 4 is 22.2 Å². The van der Waals surface area contributed by atoms with Gasteiger partial charge >= 0.3 is 5.00 Å². The molecule has 0 aromatic carbocycles. The molecule has 1 unspecified atom stereocenters. The summed E-state index contributed by atoms with van der Waals surface area (Å²) in [6.45, 7) is 11.0. The average molecular weight is 327 g/mol. The van der Waals surface area contributed by atoms with Crippen LogP contribution in [0.15, 0.2) is 12.1 Å². The third-order valence-corrected chi connectivity index (χ3v) is 4.60. The van der Waals surface area contributed by atoms with E-state index < -0.39 is 4.92 Å². The SMILES string of the molecule is CCN(CC)C(CNC(=O)c1ccc([N+](=O)[O-])s1)CC(C)C. The fourth-order valence-corrected chi connectivity index (χ4v) is 3.23. The Morgan fingerprint density at radius 1 is 1.36 bits per heavy atom. The second kappa shape index (κ2) is 8.85. The Balaban J connectivity index is 2.66. The van der Waals surface area contributed by atoms with Gasteiger partial charge in [-0.1, -0.05) is 39.0 Å². The zero-order chi connectivity index (χ0) is 16.7. The predicted octanol–water partition coefficient (Wildman–Crippen LogP) is 3.14. The molecule has 0 radical (unpaired) electrons. The Hall–Kier alpha value is -1.47. The van der Waals surface area contributed by atoms with Crippen molar-refractivity contribution in [1.29, 1.82) is 0 Å². The van der Waals surface area contributed by atoms with Crippen LogP contribution in [0, 0.1) is 16.0 Å². The standard InChI is InChI=1S/C15H25N3O3S/c1-5-17(6-2)12(9-11(3)4)10-16-15(19)13-7-8-14(22-13)18(20)21/h7-8,11-12H,5-6,9-10H2,1-4H3,(H,16,19). The Morgan fingerprint density at radius 3 is 2.45 bits per heavy atom. The van der Waals surface area contributed by atoms with Gasteiger partial charge in [0.15, 0.2) is 0 Å². The first-order valence-electron chi connectivity index (χ1n) is 7.65. The second-order valence-corrected chi connectivity index (χ2v) is 6.67. The predicted molar refractivity (Wildman–Crippen MR) is 89.5 cm³/mol. The molecule has 1 amide bonds. The topological polar surface area (TPSA) is 75.5 Å². The van der Waals surface area contributed by atoms with Crippen molar-refractivity contribution in [2.45, 2.75) is 40.2 Å². The van der Waals surface area contributed by atoms with Gasteiger partial charge in [0.05, 0.1) is 9.80 Å². The molecule has 1 rings (SSSR count). The molecular weight excluding hydrogens is 302 g/mol. The van der Waals surface area contributed by atoms with Crippen LogP contribution in [0.4, 0.5) is 5.00 Å². The minimum absolute atomic E-state index is 0.00683. The van der Waals surface area contributed by atoms with Crippen LogP contribution in [0.3, 0.4) is 0 Å². The van der Waals surface area contributed by atoms with Gasteiger partial charge in [-0.15, -0.1) is 0 Å². The van der Waals surface area contributed by atoms with Crippen LogP contribution in [0.1, 0.15) is 43.8 Å². The molecule has 0 aliphatic heterocycles. The molecule has 6 nitrogen and oxygen atoms in total. The van der Waals surface area contributed by atoms with Crippen molar-refractivity contribution in [2.24, 2.45) is 5.92 Å². The van der Waals surface area contributed by atoms with E-state index in [1.165, 1.54) is 12.1 Å². The summed E-state index contributed by atoms with van der Waals surface area (Å²) in [5, 5.41) is 13.6. The highest BCUT2D eigenvalue weighted by atomic mass is 32.1. The number of nitro groups is 1. The van der Waals surface area contributed by atoms with Gasteiger partial charge in [0.1, 0.15) is 0 Å². The molecule has 0 aliphatic carbocycles. The van der Waals surface area contributed by atoms with E-state index in [9.17, 15) is 14.9 Å². The minimum Gasteiger partial charge on any atom is -0.350 e. The van der Waals surface area contributed by atoms with E-state index in [-0.39, 0.29) is 17.0 Å². The van der Waals surface area contributed by atoms with Crippen molar-refractivity contribution in [3.63, 3.8) is 0 Å². The monoisotopic (exact) mass is 327 g/mol. The zero-order valence-electron chi connectivity index (χ0n) is 13.7. The van der Waals surface area contributed by atoms with E-state index in [1.807, 2.05) is 0 Å². The number of hydrogen-bond acceptors (Lipinski definition) is 5. The van der Waals surface area contributed by atoms with Crippen molar-refractivity contribution in [2.75, 3.05) is 19.6 Å². The molecule has 0 spiro atoms. The van der Waals surface area contributed by atoms with E-state index in [4.69, 9.17) is 0 Å². The molecule has 1 N–H and O–H groups in total. The Bertz CT molecular complexity index is 498. The zero-order valence-corrected chi connectivity index (χ0v) is 14.5. The molecule has 0 bridgehead atoms. The molecule has 124 valence electrons. The normalized spacial score (nSPS) is 12.6. The van der Waals surface area contributed by atoms with E-state index in [1.54, 1.807) is 0 Å². The number of hydrogen-bond donors (Lipinski definition) is 1. The molecular formula is C15H25N3O3S. The fourth-order valence-electron chi connectivity index (χ4n) is 2.49. The summed E-state index contributed by atoms with van der Waals surface area (Å²) in [4.78, 5) is 25.0. The molecule has 7 heteroatoms. The first-order valence-corrected chi connectivity index (χ1v) is 8.47. The van der Waals surface area contributed by atoms with Crippen molar-refractivity contribution < 1.29 is 9.72 Å². The summed E-state index contributed by atoms with van der Waals surface area (Å²) in [7, 11) is 0. The fraction of sp³-hybridized carbons (Fsp3) is 0.667. The maximum Gasteiger partial charge on any atom is 0.324 e. The Labute approximate surface area is 135 Å². The average Bonchev–Trinajstić information content (AvgIpc) is 2.95. The van der Waals surface area contributed by atoms with Crippen LogP contribution in [0.2, 0.25) is 0 Å². The number of carbonyl (C=O) groups excluding carboxylic acids is 1. The molecule has 1 aromatic heterocycles. The lowest BCUT2D eigenvalue weighted by Crippen LogP contribution is -2.44. The van der Waals surface area contributed by atoms with Crippen LogP contribution in [0.25, 0.3) is 0 Å². The van der Waals surface area contributed by atoms with E-state index in [2.05, 4.69) is 37.9 Å². The van der Waals surface area contributed by atoms with Gasteiger partial charge in [-0.05, 0) is 31.5 Å². The van der Waals surface area contributed by atoms with Gasteiger partial charge in [0, 0.05) is 18.7 Å². The highest BCUT2D eigenvalue weighted by molar-refractivity contribution is 7.17. The Morgan fingerprint density at radius 2 is 2.00 bits per heavy atom. The first-order chi connectivity index (χ1) is 10.4. The minimum atomic E-state index is -0.473. The lowest BCUT2D eigenvalue weighted by Gasteiger charge is -2.31. The van der Waals surface area contributed by atoms with Gasteiger partial charge in [0.25, 0.3) is 5.91 Å². The van der Waals surface area contributed by atoms with Gasteiger partial charge in [-0.3, -0.25) is 19.8 Å². The third-order valence-electron chi connectivity index (χ3n) is 3.57. The summed E-state index contributed by atoms with van der Waals surface area (Å²) in [5.41, 5.74) is 0. The molecule has 0 saturated heterocycles. The summed E-state index contributed by atoms with van der Waals surface area (Å²) < 4.78 is 0. The highest BCUT2D eigenvalue weighted by Crippen LogP contribution is 2.23. The van der Waals surface area contributed by atoms with Crippen LogP contribution < -0.4 is 5.32 Å². The van der Waals surface area contributed by atoms with E-state index >= 15 is 0 Å².